The molecular weight excluding hydrogens is 238 g/mol. The molecule has 100 valence electrons. The lowest BCUT2D eigenvalue weighted by Gasteiger charge is -2.15. The minimum atomic E-state index is 0.291. The van der Waals surface area contributed by atoms with Crippen LogP contribution in [0.1, 0.15) is 45.8 Å². The summed E-state index contributed by atoms with van der Waals surface area (Å²) < 4.78 is 4.13. The summed E-state index contributed by atoms with van der Waals surface area (Å²) in [5.41, 5.74) is 5.65. The molecule has 19 heavy (non-hydrogen) atoms. The van der Waals surface area contributed by atoms with Crippen molar-refractivity contribution in [3.63, 3.8) is 0 Å². The summed E-state index contributed by atoms with van der Waals surface area (Å²) in [6.07, 6.45) is 4.72. The van der Waals surface area contributed by atoms with Crippen LogP contribution in [-0.4, -0.2) is 20.1 Å². The van der Waals surface area contributed by atoms with Crippen LogP contribution in [0, 0.1) is 13.8 Å². The van der Waals surface area contributed by atoms with E-state index in [9.17, 15) is 4.79 Å². The van der Waals surface area contributed by atoms with E-state index in [4.69, 9.17) is 0 Å². The molecule has 2 heterocycles. The van der Waals surface area contributed by atoms with Crippen molar-refractivity contribution in [1.82, 2.24) is 14.3 Å². The van der Waals surface area contributed by atoms with E-state index in [1.165, 1.54) is 17.0 Å². The number of aromatic nitrogens is 3. The number of rotatable bonds is 2. The standard InChI is InChI=1S/C15H19N3O/c1-10-13(11(2)17(3)16-10)9-18-8-7-12-14(18)5-4-6-15(12)19/h7-8H,4-6,9H2,1-3H3. The third kappa shape index (κ3) is 1.91. The van der Waals surface area contributed by atoms with E-state index in [0.717, 1.165) is 30.6 Å². The Hall–Kier alpha value is -1.84. The molecule has 2 aromatic rings. The fourth-order valence-electron chi connectivity index (χ4n) is 2.95. The Labute approximate surface area is 113 Å². The van der Waals surface area contributed by atoms with E-state index >= 15 is 0 Å². The van der Waals surface area contributed by atoms with Crippen LogP contribution in [0.4, 0.5) is 0 Å². The zero-order chi connectivity index (χ0) is 13.6. The number of Topliss-reactive ketones (excluding diaryl/α,β-unsaturated/α-hetero) is 1. The quantitative estimate of drug-likeness (QED) is 0.828. The first-order valence-corrected chi connectivity index (χ1v) is 6.78. The van der Waals surface area contributed by atoms with Crippen LogP contribution in [0.2, 0.25) is 0 Å². The maximum atomic E-state index is 11.9. The van der Waals surface area contributed by atoms with Gasteiger partial charge < -0.3 is 4.57 Å². The van der Waals surface area contributed by atoms with Crippen molar-refractivity contribution in [3.8, 4) is 0 Å². The van der Waals surface area contributed by atoms with Crippen LogP contribution in [0.5, 0.6) is 0 Å². The first kappa shape index (κ1) is 12.2. The molecule has 0 saturated heterocycles. The van der Waals surface area contributed by atoms with Gasteiger partial charge in [-0.05, 0) is 32.8 Å². The first-order valence-electron chi connectivity index (χ1n) is 6.78. The third-order valence-corrected chi connectivity index (χ3v) is 4.18. The molecule has 0 aliphatic heterocycles. The lowest BCUT2D eigenvalue weighted by atomic mass is 9.97. The fraction of sp³-hybridized carbons (Fsp3) is 0.467. The predicted octanol–water partition coefficient (Wildman–Crippen LogP) is 2.41. The summed E-state index contributed by atoms with van der Waals surface area (Å²) in [7, 11) is 1.97. The number of carbonyl (C=O) groups excluding carboxylic acids is 1. The van der Waals surface area contributed by atoms with Gasteiger partial charge in [0, 0.05) is 42.2 Å². The molecule has 1 aliphatic carbocycles. The SMILES string of the molecule is Cc1nn(C)c(C)c1Cn1ccc2c1CCCC2=O. The van der Waals surface area contributed by atoms with Gasteiger partial charge in [-0.15, -0.1) is 0 Å². The molecule has 0 fully saturated rings. The van der Waals surface area contributed by atoms with Crippen molar-refractivity contribution in [1.29, 1.82) is 0 Å². The molecule has 0 saturated carbocycles. The molecule has 0 bridgehead atoms. The first-order chi connectivity index (χ1) is 9.08. The Morgan fingerprint density at radius 1 is 1.32 bits per heavy atom. The van der Waals surface area contributed by atoms with Crippen molar-refractivity contribution in [3.05, 3.63) is 40.5 Å². The van der Waals surface area contributed by atoms with Crippen LogP contribution in [-0.2, 0) is 20.0 Å². The average Bonchev–Trinajstić information content (AvgIpc) is 2.88. The van der Waals surface area contributed by atoms with Gasteiger partial charge in [0.15, 0.2) is 5.78 Å². The van der Waals surface area contributed by atoms with Crippen molar-refractivity contribution >= 4 is 5.78 Å². The van der Waals surface area contributed by atoms with Gasteiger partial charge in [-0.25, -0.2) is 0 Å². The average molecular weight is 257 g/mol. The molecule has 0 aromatic carbocycles. The van der Waals surface area contributed by atoms with Crippen molar-refractivity contribution in [2.24, 2.45) is 7.05 Å². The molecule has 0 spiro atoms. The molecule has 0 radical (unpaired) electrons. The van der Waals surface area contributed by atoms with Crippen molar-refractivity contribution in [2.75, 3.05) is 0 Å². The van der Waals surface area contributed by atoms with Crippen LogP contribution in [0.25, 0.3) is 0 Å². The van der Waals surface area contributed by atoms with E-state index in [-0.39, 0.29) is 0 Å². The van der Waals surface area contributed by atoms with Crippen LogP contribution in [0.3, 0.4) is 0 Å². The largest absolute Gasteiger partial charge is 0.346 e. The lowest BCUT2D eigenvalue weighted by molar-refractivity contribution is 0.0972. The summed E-state index contributed by atoms with van der Waals surface area (Å²) in [5, 5.41) is 4.45. The highest BCUT2D eigenvalue weighted by Crippen LogP contribution is 2.24. The van der Waals surface area contributed by atoms with E-state index in [2.05, 4.69) is 16.6 Å². The fourth-order valence-corrected chi connectivity index (χ4v) is 2.95. The smallest absolute Gasteiger partial charge is 0.164 e. The monoisotopic (exact) mass is 257 g/mol. The number of nitrogens with zero attached hydrogens (tertiary/aromatic N) is 3. The minimum Gasteiger partial charge on any atom is -0.346 e. The van der Waals surface area contributed by atoms with Crippen molar-refractivity contribution in [2.45, 2.75) is 39.7 Å². The Morgan fingerprint density at radius 3 is 2.79 bits per heavy atom. The van der Waals surface area contributed by atoms with Gasteiger partial charge in [0.25, 0.3) is 0 Å². The summed E-state index contributed by atoms with van der Waals surface area (Å²) in [4.78, 5) is 11.9. The van der Waals surface area contributed by atoms with Gasteiger partial charge in [-0.3, -0.25) is 9.48 Å². The normalized spacial score (nSPS) is 14.8. The minimum absolute atomic E-state index is 0.291. The topological polar surface area (TPSA) is 39.8 Å². The zero-order valence-electron chi connectivity index (χ0n) is 11.7. The van der Waals surface area contributed by atoms with Crippen LogP contribution >= 0.6 is 0 Å². The molecule has 2 aromatic heterocycles. The second kappa shape index (κ2) is 4.37. The van der Waals surface area contributed by atoms with Gasteiger partial charge in [0.1, 0.15) is 0 Å². The number of carbonyl (C=O) groups is 1. The predicted molar refractivity (Wildman–Crippen MR) is 73.5 cm³/mol. The summed E-state index contributed by atoms with van der Waals surface area (Å²) in [6.45, 7) is 4.95. The van der Waals surface area contributed by atoms with Gasteiger partial charge in [0.05, 0.1) is 12.2 Å². The molecule has 0 unspecified atom stereocenters. The number of ketones is 1. The van der Waals surface area contributed by atoms with Gasteiger partial charge >= 0.3 is 0 Å². The van der Waals surface area contributed by atoms with E-state index in [1.54, 1.807) is 0 Å². The zero-order valence-corrected chi connectivity index (χ0v) is 11.7. The summed E-state index contributed by atoms with van der Waals surface area (Å²) >= 11 is 0. The second-order valence-electron chi connectivity index (χ2n) is 5.35. The summed E-state index contributed by atoms with van der Waals surface area (Å²) in [6, 6.07) is 1.97. The van der Waals surface area contributed by atoms with Crippen LogP contribution < -0.4 is 0 Å². The Bertz CT molecular complexity index is 649. The maximum Gasteiger partial charge on any atom is 0.164 e. The molecule has 0 N–H and O–H groups in total. The van der Waals surface area contributed by atoms with Gasteiger partial charge in [-0.2, -0.15) is 5.10 Å². The molecule has 0 atom stereocenters. The molecule has 3 rings (SSSR count). The van der Waals surface area contributed by atoms with Crippen LogP contribution in [0.15, 0.2) is 12.3 Å². The highest BCUT2D eigenvalue weighted by atomic mass is 16.1. The Kier molecular flexibility index (Phi) is 2.81. The Morgan fingerprint density at radius 2 is 2.11 bits per heavy atom. The summed E-state index contributed by atoms with van der Waals surface area (Å²) in [5.74, 6) is 0.291. The molecule has 4 heteroatoms. The molecule has 1 aliphatic rings. The molecular formula is C15H19N3O. The number of fused-ring (bicyclic) bond motifs is 1. The number of hydrogen-bond donors (Lipinski definition) is 0. The number of aryl methyl sites for hydroxylation is 2. The van der Waals surface area contributed by atoms with E-state index < -0.39 is 0 Å². The molecule has 0 amide bonds. The highest BCUT2D eigenvalue weighted by molar-refractivity contribution is 5.98. The van der Waals surface area contributed by atoms with E-state index in [1.807, 2.05) is 30.9 Å². The third-order valence-electron chi connectivity index (χ3n) is 4.18. The number of hydrogen-bond acceptors (Lipinski definition) is 2. The van der Waals surface area contributed by atoms with Gasteiger partial charge in [0.2, 0.25) is 0 Å². The molecule has 4 nitrogen and oxygen atoms in total. The lowest BCUT2D eigenvalue weighted by Crippen LogP contribution is -2.14. The van der Waals surface area contributed by atoms with Gasteiger partial charge in [-0.1, -0.05) is 0 Å². The Balaban J connectivity index is 1.98. The maximum absolute atomic E-state index is 11.9. The highest BCUT2D eigenvalue weighted by Gasteiger charge is 2.21. The van der Waals surface area contributed by atoms with E-state index in [0.29, 0.717) is 12.2 Å². The second-order valence-corrected chi connectivity index (χ2v) is 5.35. The van der Waals surface area contributed by atoms with Crippen molar-refractivity contribution < 1.29 is 4.79 Å².